The molecule has 0 saturated heterocycles. The predicted molar refractivity (Wildman–Crippen MR) is 65.6 cm³/mol. The Labute approximate surface area is 104 Å². The molecule has 0 aliphatic heterocycles. The van der Waals surface area contributed by atoms with Crippen molar-refractivity contribution in [1.82, 2.24) is 15.5 Å². The Morgan fingerprint density at radius 2 is 2.17 bits per heavy atom. The van der Waals surface area contributed by atoms with Crippen LogP contribution in [0.25, 0.3) is 11.5 Å². The van der Waals surface area contributed by atoms with Gasteiger partial charge in [0.1, 0.15) is 0 Å². The molecule has 0 fully saturated rings. The first-order valence-electron chi connectivity index (χ1n) is 5.33. The molecule has 1 heterocycles. The largest absolute Gasteiger partial charge is 0.341 e. The molecular weight excluding hydrogens is 230 g/mol. The zero-order valence-electron chi connectivity index (χ0n) is 9.80. The van der Waals surface area contributed by atoms with Crippen LogP contribution in [0.15, 0.2) is 28.8 Å². The summed E-state index contributed by atoms with van der Waals surface area (Å²) in [6.07, 6.45) is 5.06. The SMILES string of the molecule is C#CCNC(=O)c1ccc(-c2nc(C)no2)cc1. The minimum absolute atomic E-state index is 0.207. The van der Waals surface area contributed by atoms with Gasteiger partial charge in [0, 0.05) is 11.1 Å². The van der Waals surface area contributed by atoms with Crippen LogP contribution in [0.2, 0.25) is 0 Å². The zero-order chi connectivity index (χ0) is 13.0. The summed E-state index contributed by atoms with van der Waals surface area (Å²) in [6.45, 7) is 1.96. The summed E-state index contributed by atoms with van der Waals surface area (Å²) < 4.78 is 5.03. The van der Waals surface area contributed by atoms with E-state index in [-0.39, 0.29) is 12.5 Å². The van der Waals surface area contributed by atoms with Crippen LogP contribution in [0.3, 0.4) is 0 Å². The van der Waals surface area contributed by atoms with Gasteiger partial charge in [0.2, 0.25) is 0 Å². The molecule has 0 unspecified atom stereocenters. The van der Waals surface area contributed by atoms with E-state index in [2.05, 4.69) is 21.4 Å². The van der Waals surface area contributed by atoms with E-state index < -0.39 is 0 Å². The topological polar surface area (TPSA) is 68.0 Å². The third kappa shape index (κ3) is 2.55. The molecule has 0 spiro atoms. The van der Waals surface area contributed by atoms with Crippen molar-refractivity contribution in [3.8, 4) is 23.8 Å². The highest BCUT2D eigenvalue weighted by Gasteiger charge is 2.08. The van der Waals surface area contributed by atoms with Crippen molar-refractivity contribution in [2.45, 2.75) is 6.92 Å². The average molecular weight is 241 g/mol. The number of aromatic nitrogens is 2. The highest BCUT2D eigenvalue weighted by molar-refractivity contribution is 5.94. The van der Waals surface area contributed by atoms with Gasteiger partial charge in [-0.3, -0.25) is 4.79 Å². The number of aryl methyl sites for hydroxylation is 1. The highest BCUT2D eigenvalue weighted by atomic mass is 16.5. The normalized spacial score (nSPS) is 9.78. The van der Waals surface area contributed by atoms with E-state index >= 15 is 0 Å². The summed E-state index contributed by atoms with van der Waals surface area (Å²) in [4.78, 5) is 15.7. The molecule has 0 saturated carbocycles. The second-order valence-corrected chi connectivity index (χ2v) is 3.61. The summed E-state index contributed by atoms with van der Waals surface area (Å²) in [6, 6.07) is 6.86. The van der Waals surface area contributed by atoms with E-state index in [0.29, 0.717) is 17.3 Å². The lowest BCUT2D eigenvalue weighted by atomic mass is 10.1. The second-order valence-electron chi connectivity index (χ2n) is 3.61. The quantitative estimate of drug-likeness (QED) is 0.825. The number of nitrogens with one attached hydrogen (secondary N) is 1. The molecule has 0 aliphatic rings. The number of hydrogen-bond acceptors (Lipinski definition) is 4. The third-order valence-corrected chi connectivity index (χ3v) is 2.27. The molecule has 2 rings (SSSR count). The molecule has 0 radical (unpaired) electrons. The second kappa shape index (κ2) is 5.15. The van der Waals surface area contributed by atoms with Crippen molar-refractivity contribution < 1.29 is 9.32 Å². The van der Waals surface area contributed by atoms with Gasteiger partial charge in [-0.15, -0.1) is 6.42 Å². The minimum atomic E-state index is -0.207. The van der Waals surface area contributed by atoms with E-state index in [1.807, 2.05) is 0 Å². The number of carbonyl (C=O) groups excluding carboxylic acids is 1. The maximum atomic E-state index is 11.6. The van der Waals surface area contributed by atoms with Crippen molar-refractivity contribution in [2.24, 2.45) is 0 Å². The van der Waals surface area contributed by atoms with Gasteiger partial charge in [0.25, 0.3) is 11.8 Å². The van der Waals surface area contributed by atoms with Crippen LogP contribution >= 0.6 is 0 Å². The lowest BCUT2D eigenvalue weighted by molar-refractivity contribution is 0.0958. The Morgan fingerprint density at radius 3 is 2.72 bits per heavy atom. The van der Waals surface area contributed by atoms with E-state index in [0.717, 1.165) is 5.56 Å². The van der Waals surface area contributed by atoms with Crippen LogP contribution in [-0.2, 0) is 0 Å². The molecule has 18 heavy (non-hydrogen) atoms. The van der Waals surface area contributed by atoms with Crippen molar-refractivity contribution in [2.75, 3.05) is 6.54 Å². The van der Waals surface area contributed by atoms with Crippen molar-refractivity contribution in [3.63, 3.8) is 0 Å². The molecule has 0 atom stereocenters. The van der Waals surface area contributed by atoms with Gasteiger partial charge < -0.3 is 9.84 Å². The number of hydrogen-bond donors (Lipinski definition) is 1. The van der Waals surface area contributed by atoms with E-state index in [4.69, 9.17) is 10.9 Å². The van der Waals surface area contributed by atoms with Crippen LogP contribution in [0.1, 0.15) is 16.2 Å². The number of amides is 1. The van der Waals surface area contributed by atoms with E-state index in [1.54, 1.807) is 31.2 Å². The standard InChI is InChI=1S/C13H11N3O2/c1-3-8-14-12(17)10-4-6-11(7-5-10)13-15-9(2)16-18-13/h1,4-7H,8H2,2H3,(H,14,17). The molecule has 90 valence electrons. The summed E-state index contributed by atoms with van der Waals surface area (Å²) in [5.74, 6) is 3.14. The fourth-order valence-corrected chi connectivity index (χ4v) is 1.41. The van der Waals surface area contributed by atoms with Gasteiger partial charge in [-0.25, -0.2) is 0 Å². The molecule has 1 N–H and O–H groups in total. The van der Waals surface area contributed by atoms with Crippen LogP contribution in [-0.4, -0.2) is 22.6 Å². The summed E-state index contributed by atoms with van der Waals surface area (Å²) in [5.41, 5.74) is 1.30. The van der Waals surface area contributed by atoms with Crippen molar-refractivity contribution in [1.29, 1.82) is 0 Å². The lowest BCUT2D eigenvalue weighted by Crippen LogP contribution is -2.23. The number of carbonyl (C=O) groups is 1. The fraction of sp³-hybridized carbons (Fsp3) is 0.154. The Morgan fingerprint density at radius 1 is 1.44 bits per heavy atom. The van der Waals surface area contributed by atoms with Gasteiger partial charge in [0.15, 0.2) is 5.82 Å². The van der Waals surface area contributed by atoms with Crippen LogP contribution in [0.5, 0.6) is 0 Å². The van der Waals surface area contributed by atoms with Gasteiger partial charge >= 0.3 is 0 Å². The molecule has 0 bridgehead atoms. The molecule has 5 nitrogen and oxygen atoms in total. The Hall–Kier alpha value is -2.61. The lowest BCUT2D eigenvalue weighted by Gasteiger charge is -2.01. The first kappa shape index (κ1) is 11.9. The van der Waals surface area contributed by atoms with E-state index in [9.17, 15) is 4.79 Å². The number of rotatable bonds is 3. The minimum Gasteiger partial charge on any atom is -0.341 e. The Bertz CT molecular complexity index is 593. The van der Waals surface area contributed by atoms with Gasteiger partial charge in [-0.05, 0) is 31.2 Å². The average Bonchev–Trinajstić information content (AvgIpc) is 2.83. The molecular formula is C13H11N3O2. The molecule has 0 aliphatic carbocycles. The first-order valence-corrected chi connectivity index (χ1v) is 5.33. The Kier molecular flexibility index (Phi) is 3.39. The summed E-state index contributed by atoms with van der Waals surface area (Å²) >= 11 is 0. The monoisotopic (exact) mass is 241 g/mol. The molecule has 1 aromatic carbocycles. The Balaban J connectivity index is 2.15. The van der Waals surface area contributed by atoms with Gasteiger partial charge in [-0.2, -0.15) is 4.98 Å². The number of benzene rings is 1. The molecule has 1 amide bonds. The molecule has 2 aromatic rings. The first-order chi connectivity index (χ1) is 8.70. The summed E-state index contributed by atoms with van der Waals surface area (Å²) in [7, 11) is 0. The number of terminal acetylenes is 1. The van der Waals surface area contributed by atoms with Crippen LogP contribution in [0.4, 0.5) is 0 Å². The third-order valence-electron chi connectivity index (χ3n) is 2.27. The smallest absolute Gasteiger partial charge is 0.257 e. The highest BCUT2D eigenvalue weighted by Crippen LogP contribution is 2.17. The fourth-order valence-electron chi connectivity index (χ4n) is 1.41. The zero-order valence-corrected chi connectivity index (χ0v) is 9.80. The number of nitrogens with zero attached hydrogens (tertiary/aromatic N) is 2. The van der Waals surface area contributed by atoms with Crippen LogP contribution < -0.4 is 5.32 Å². The van der Waals surface area contributed by atoms with Crippen molar-refractivity contribution >= 4 is 5.91 Å². The summed E-state index contributed by atoms with van der Waals surface area (Å²) in [5, 5.41) is 6.29. The van der Waals surface area contributed by atoms with Crippen LogP contribution in [0, 0.1) is 19.3 Å². The van der Waals surface area contributed by atoms with Gasteiger partial charge in [-0.1, -0.05) is 11.1 Å². The van der Waals surface area contributed by atoms with Crippen molar-refractivity contribution in [3.05, 3.63) is 35.7 Å². The maximum Gasteiger partial charge on any atom is 0.257 e. The predicted octanol–water partition coefficient (Wildman–Crippen LogP) is 1.41. The molecule has 1 aromatic heterocycles. The van der Waals surface area contributed by atoms with Gasteiger partial charge in [0.05, 0.1) is 6.54 Å². The molecule has 5 heteroatoms. The maximum absolute atomic E-state index is 11.6. The van der Waals surface area contributed by atoms with E-state index in [1.165, 1.54) is 0 Å².